The molecule has 0 fully saturated rings. The van der Waals surface area contributed by atoms with Crippen molar-refractivity contribution in [2.45, 2.75) is 11.8 Å². The van der Waals surface area contributed by atoms with Gasteiger partial charge in [-0.1, -0.05) is 0 Å². The Kier molecular flexibility index (Phi) is 4.76. The van der Waals surface area contributed by atoms with Crippen molar-refractivity contribution in [2.24, 2.45) is 0 Å². The minimum absolute atomic E-state index is 0.187. The fraction of sp³-hybridized carbons (Fsp3) is 0.167. The van der Waals surface area contributed by atoms with E-state index in [1.165, 1.54) is 12.4 Å². The topological polar surface area (TPSA) is 81.2 Å². The first-order chi connectivity index (χ1) is 9.51. The van der Waals surface area contributed by atoms with Crippen LogP contribution in [-0.4, -0.2) is 25.0 Å². The zero-order valence-corrected chi connectivity index (χ0v) is 13.6. The van der Waals surface area contributed by atoms with E-state index in [4.69, 9.17) is 4.74 Å². The van der Waals surface area contributed by atoms with Gasteiger partial charge in [0.05, 0.1) is 29.6 Å². The molecule has 0 aliphatic rings. The van der Waals surface area contributed by atoms with E-state index < -0.39 is 10.0 Å². The summed E-state index contributed by atoms with van der Waals surface area (Å²) < 4.78 is 32.7. The molecule has 0 radical (unpaired) electrons. The summed E-state index contributed by atoms with van der Waals surface area (Å²) in [5.74, 6) is 0. The zero-order chi connectivity index (χ0) is 14.6. The molecule has 2 aromatic rings. The van der Waals surface area contributed by atoms with Gasteiger partial charge in [-0.25, -0.2) is 18.4 Å². The summed E-state index contributed by atoms with van der Waals surface area (Å²) in [6, 6.07) is 6.75. The molecule has 0 atom stereocenters. The van der Waals surface area contributed by atoms with E-state index in [0.717, 1.165) is 3.57 Å². The minimum Gasteiger partial charge on any atom is -0.464 e. The summed E-state index contributed by atoms with van der Waals surface area (Å²) in [6.07, 6.45) is 2.73. The van der Waals surface area contributed by atoms with Crippen molar-refractivity contribution in [3.05, 3.63) is 40.2 Å². The number of nitrogens with one attached hydrogen (secondary N) is 1. The molecule has 20 heavy (non-hydrogen) atoms. The van der Waals surface area contributed by atoms with Crippen LogP contribution in [-0.2, 0) is 10.0 Å². The van der Waals surface area contributed by atoms with Crippen molar-refractivity contribution < 1.29 is 13.2 Å². The molecule has 106 valence electrons. The molecular weight excluding hydrogens is 393 g/mol. The summed E-state index contributed by atoms with van der Waals surface area (Å²) in [5, 5.41) is 0. The standard InChI is InChI=1S/C12H12IN3O3S/c1-2-19-12-14-7-10(8-15-12)16-20(17,18)11-5-3-9(13)4-6-11/h3-8,16H,2H2,1H3. The van der Waals surface area contributed by atoms with Gasteiger partial charge in [0.2, 0.25) is 0 Å². The number of rotatable bonds is 5. The predicted octanol–water partition coefficient (Wildman–Crippen LogP) is 2.28. The molecule has 0 aliphatic heterocycles. The van der Waals surface area contributed by atoms with Crippen LogP contribution in [0.5, 0.6) is 6.01 Å². The fourth-order valence-corrected chi connectivity index (χ4v) is 2.79. The zero-order valence-electron chi connectivity index (χ0n) is 10.6. The van der Waals surface area contributed by atoms with Gasteiger partial charge >= 0.3 is 6.01 Å². The molecule has 1 aromatic carbocycles. The first-order valence-corrected chi connectivity index (χ1v) is 8.30. The summed E-state index contributed by atoms with van der Waals surface area (Å²) in [4.78, 5) is 7.98. The van der Waals surface area contributed by atoms with E-state index in [-0.39, 0.29) is 16.6 Å². The van der Waals surface area contributed by atoms with Crippen LogP contribution in [0.1, 0.15) is 6.92 Å². The molecule has 1 heterocycles. The third-order valence-electron chi connectivity index (χ3n) is 2.28. The van der Waals surface area contributed by atoms with Gasteiger partial charge in [0.15, 0.2) is 0 Å². The molecule has 0 amide bonds. The van der Waals surface area contributed by atoms with Gasteiger partial charge in [-0.15, -0.1) is 0 Å². The van der Waals surface area contributed by atoms with Gasteiger partial charge in [-0.3, -0.25) is 4.72 Å². The second-order valence-corrected chi connectivity index (χ2v) is 6.67. The normalized spacial score (nSPS) is 11.1. The van der Waals surface area contributed by atoms with Crippen molar-refractivity contribution in [1.29, 1.82) is 0 Å². The summed E-state index contributed by atoms with van der Waals surface area (Å²) >= 11 is 2.11. The van der Waals surface area contributed by atoms with Gasteiger partial charge in [-0.05, 0) is 53.8 Å². The van der Waals surface area contributed by atoms with Crippen LogP contribution in [0.25, 0.3) is 0 Å². The first-order valence-electron chi connectivity index (χ1n) is 5.74. The average Bonchev–Trinajstić information content (AvgIpc) is 2.41. The molecule has 0 aliphatic carbocycles. The fourth-order valence-electron chi connectivity index (χ4n) is 1.40. The molecule has 1 aromatic heterocycles. The molecule has 0 saturated heterocycles. The molecule has 6 nitrogen and oxygen atoms in total. The number of halogens is 1. The Bertz CT molecular complexity index is 672. The number of hydrogen-bond donors (Lipinski definition) is 1. The Labute approximate surface area is 130 Å². The second kappa shape index (κ2) is 6.35. The molecule has 0 bridgehead atoms. The highest BCUT2D eigenvalue weighted by Gasteiger charge is 2.14. The van der Waals surface area contributed by atoms with Gasteiger partial charge in [0.1, 0.15) is 0 Å². The van der Waals surface area contributed by atoms with Gasteiger partial charge < -0.3 is 4.74 Å². The average molecular weight is 405 g/mol. The lowest BCUT2D eigenvalue weighted by Crippen LogP contribution is -2.13. The van der Waals surface area contributed by atoms with Crippen molar-refractivity contribution in [1.82, 2.24) is 9.97 Å². The Balaban J connectivity index is 2.17. The predicted molar refractivity (Wildman–Crippen MR) is 83.2 cm³/mol. The number of nitrogens with zero attached hydrogens (tertiary/aromatic N) is 2. The molecule has 2 rings (SSSR count). The van der Waals surface area contributed by atoms with E-state index in [1.807, 2.05) is 6.92 Å². The maximum Gasteiger partial charge on any atom is 0.316 e. The van der Waals surface area contributed by atoms with Crippen LogP contribution in [0.4, 0.5) is 5.69 Å². The highest BCUT2D eigenvalue weighted by molar-refractivity contribution is 14.1. The Hall–Kier alpha value is -1.42. The van der Waals surface area contributed by atoms with Gasteiger partial charge in [0, 0.05) is 3.57 Å². The smallest absolute Gasteiger partial charge is 0.316 e. The number of hydrogen-bond acceptors (Lipinski definition) is 5. The van der Waals surface area contributed by atoms with Crippen LogP contribution < -0.4 is 9.46 Å². The molecule has 8 heteroatoms. The Morgan fingerprint density at radius 1 is 1.20 bits per heavy atom. The van der Waals surface area contributed by atoms with Gasteiger partial charge in [0.25, 0.3) is 10.0 Å². The summed E-state index contributed by atoms with van der Waals surface area (Å²) in [5.41, 5.74) is 0.284. The third-order valence-corrected chi connectivity index (χ3v) is 4.39. The van der Waals surface area contributed by atoms with Crippen LogP contribution >= 0.6 is 22.6 Å². The number of aromatic nitrogens is 2. The van der Waals surface area contributed by atoms with E-state index in [9.17, 15) is 8.42 Å². The maximum absolute atomic E-state index is 12.1. The van der Waals surface area contributed by atoms with Crippen molar-refractivity contribution >= 4 is 38.3 Å². The summed E-state index contributed by atoms with van der Waals surface area (Å²) in [7, 11) is -3.63. The maximum atomic E-state index is 12.1. The monoisotopic (exact) mass is 405 g/mol. The van der Waals surface area contributed by atoms with Crippen molar-refractivity contribution in [2.75, 3.05) is 11.3 Å². The van der Waals surface area contributed by atoms with E-state index >= 15 is 0 Å². The SMILES string of the molecule is CCOc1ncc(NS(=O)(=O)c2ccc(I)cc2)cn1. The minimum atomic E-state index is -3.63. The summed E-state index contributed by atoms with van der Waals surface area (Å²) in [6.45, 7) is 2.27. The van der Waals surface area contributed by atoms with Crippen LogP contribution in [0.3, 0.4) is 0 Å². The third kappa shape index (κ3) is 3.79. The quantitative estimate of drug-likeness (QED) is 0.773. The van der Waals surface area contributed by atoms with E-state index in [0.29, 0.717) is 6.61 Å². The number of benzene rings is 1. The van der Waals surface area contributed by atoms with Crippen LogP contribution in [0.2, 0.25) is 0 Å². The number of ether oxygens (including phenoxy) is 1. The van der Waals surface area contributed by atoms with Crippen LogP contribution in [0, 0.1) is 3.57 Å². The largest absolute Gasteiger partial charge is 0.464 e. The van der Waals surface area contributed by atoms with Crippen LogP contribution in [0.15, 0.2) is 41.6 Å². The number of sulfonamides is 1. The molecule has 0 saturated carbocycles. The van der Waals surface area contributed by atoms with E-state index in [2.05, 4.69) is 37.3 Å². The lowest BCUT2D eigenvalue weighted by Gasteiger charge is -2.08. The Morgan fingerprint density at radius 3 is 2.35 bits per heavy atom. The first kappa shape index (κ1) is 15.0. The Morgan fingerprint density at radius 2 is 1.80 bits per heavy atom. The highest BCUT2D eigenvalue weighted by Crippen LogP contribution is 2.16. The number of anilines is 1. The van der Waals surface area contributed by atoms with Gasteiger partial charge in [-0.2, -0.15) is 0 Å². The second-order valence-electron chi connectivity index (χ2n) is 3.75. The van der Waals surface area contributed by atoms with Crippen molar-refractivity contribution in [3.63, 3.8) is 0 Å². The lowest BCUT2D eigenvalue weighted by molar-refractivity contribution is 0.312. The van der Waals surface area contributed by atoms with Crippen molar-refractivity contribution in [3.8, 4) is 6.01 Å². The highest BCUT2D eigenvalue weighted by atomic mass is 127. The lowest BCUT2D eigenvalue weighted by atomic mass is 10.4. The molecule has 0 unspecified atom stereocenters. The van der Waals surface area contributed by atoms with E-state index in [1.54, 1.807) is 24.3 Å². The molecule has 0 spiro atoms. The molecular formula is C12H12IN3O3S. The molecule has 1 N–H and O–H groups in total.